The van der Waals surface area contributed by atoms with Gasteiger partial charge in [0.05, 0.1) is 11.0 Å². The molecule has 0 radical (unpaired) electrons. The fraction of sp³-hybridized carbons (Fsp3) is 0. The molecule has 0 saturated carbocycles. The highest BCUT2D eigenvalue weighted by molar-refractivity contribution is 6.19. The van der Waals surface area contributed by atoms with E-state index in [1.807, 2.05) is 36.4 Å². The second-order valence-electron chi connectivity index (χ2n) is 13.6. The van der Waals surface area contributed by atoms with E-state index < -0.39 is 0 Å². The predicted molar refractivity (Wildman–Crippen MR) is 221 cm³/mol. The molecule has 0 aliphatic carbocycles. The largest absolute Gasteiger partial charge is 0.456 e. The minimum absolute atomic E-state index is 0.550. The van der Waals surface area contributed by atoms with E-state index in [1.165, 1.54) is 10.8 Å². The van der Waals surface area contributed by atoms with Crippen LogP contribution in [0, 0.1) is 0 Å². The average molecular weight is 691 g/mol. The number of furan rings is 1. The molecule has 54 heavy (non-hydrogen) atoms. The Morgan fingerprint density at radius 1 is 0.352 bits per heavy atom. The standard InChI is InChI=1S/C49H30N4O/c1-3-15-32(16-4-1)35-23-12-28-41-44(35)38-22-9-10-27-40(38)53(41)49-51-47(33-18-5-2-6-19-33)50-48(52-49)39-26-14-30-43-46(39)45-37(25-13-29-42(45)54-43)36-24-11-20-31-17-7-8-21-34(31)36/h1-30H. The second kappa shape index (κ2) is 12.1. The van der Waals surface area contributed by atoms with Crippen LogP contribution in [0.2, 0.25) is 0 Å². The number of benzene rings is 8. The van der Waals surface area contributed by atoms with Crippen molar-refractivity contribution in [2.75, 3.05) is 0 Å². The van der Waals surface area contributed by atoms with Gasteiger partial charge in [-0.3, -0.25) is 4.57 Å². The third kappa shape index (κ3) is 4.69. The van der Waals surface area contributed by atoms with E-state index in [2.05, 4.69) is 150 Å². The molecule has 5 heteroatoms. The molecule has 0 unspecified atom stereocenters. The molecule has 8 aromatic carbocycles. The van der Waals surface area contributed by atoms with Gasteiger partial charge in [-0.05, 0) is 57.3 Å². The molecule has 0 N–H and O–H groups in total. The van der Waals surface area contributed by atoms with Gasteiger partial charge < -0.3 is 4.42 Å². The summed E-state index contributed by atoms with van der Waals surface area (Å²) in [5, 5.41) is 6.68. The number of para-hydroxylation sites is 1. The van der Waals surface area contributed by atoms with E-state index in [4.69, 9.17) is 19.4 Å². The number of nitrogens with zero attached hydrogens (tertiary/aromatic N) is 4. The maximum atomic E-state index is 6.60. The highest BCUT2D eigenvalue weighted by Gasteiger charge is 2.23. The number of hydrogen-bond acceptors (Lipinski definition) is 4. The summed E-state index contributed by atoms with van der Waals surface area (Å²) < 4.78 is 8.78. The van der Waals surface area contributed by atoms with E-state index in [0.29, 0.717) is 17.6 Å². The third-order valence-corrected chi connectivity index (χ3v) is 10.5. The summed E-state index contributed by atoms with van der Waals surface area (Å²) in [4.78, 5) is 15.8. The van der Waals surface area contributed by atoms with E-state index in [0.717, 1.165) is 77.1 Å². The van der Waals surface area contributed by atoms with Crippen molar-refractivity contribution >= 4 is 54.5 Å². The molecule has 0 bridgehead atoms. The van der Waals surface area contributed by atoms with Gasteiger partial charge in [-0.25, -0.2) is 4.98 Å². The number of fused-ring (bicyclic) bond motifs is 7. The molecule has 0 aliphatic heterocycles. The summed E-state index contributed by atoms with van der Waals surface area (Å²) in [5.41, 5.74) is 10.0. The van der Waals surface area contributed by atoms with Crippen molar-refractivity contribution in [2.24, 2.45) is 0 Å². The topological polar surface area (TPSA) is 56.7 Å². The van der Waals surface area contributed by atoms with Crippen LogP contribution in [0.25, 0.3) is 105 Å². The molecule has 11 aromatic rings. The van der Waals surface area contributed by atoms with Crippen molar-refractivity contribution in [3.05, 3.63) is 182 Å². The van der Waals surface area contributed by atoms with E-state index >= 15 is 0 Å². The van der Waals surface area contributed by atoms with Crippen molar-refractivity contribution in [3.8, 4) is 51.0 Å². The van der Waals surface area contributed by atoms with Crippen molar-refractivity contribution in [2.45, 2.75) is 0 Å². The number of rotatable bonds is 5. The SMILES string of the molecule is c1ccc(-c2nc(-c3cccc4oc5cccc(-c6cccc7ccccc67)c5c34)nc(-n3c4ccccc4c4c(-c5ccccc5)cccc43)n2)cc1. The minimum Gasteiger partial charge on any atom is -0.456 e. The van der Waals surface area contributed by atoms with Crippen LogP contribution in [0.4, 0.5) is 0 Å². The number of hydrogen-bond donors (Lipinski definition) is 0. The summed E-state index contributed by atoms with van der Waals surface area (Å²) in [6, 6.07) is 63.2. The van der Waals surface area contributed by atoms with Crippen LogP contribution in [-0.2, 0) is 0 Å². The lowest BCUT2D eigenvalue weighted by Crippen LogP contribution is -2.06. The lowest BCUT2D eigenvalue weighted by molar-refractivity contribution is 0.669. The molecule has 5 nitrogen and oxygen atoms in total. The predicted octanol–water partition coefficient (Wildman–Crippen LogP) is 12.7. The van der Waals surface area contributed by atoms with Gasteiger partial charge in [0.15, 0.2) is 11.6 Å². The smallest absolute Gasteiger partial charge is 0.238 e. The molecule has 0 fully saturated rings. The monoisotopic (exact) mass is 690 g/mol. The Morgan fingerprint density at radius 2 is 0.907 bits per heavy atom. The summed E-state index contributed by atoms with van der Waals surface area (Å²) in [7, 11) is 0. The maximum absolute atomic E-state index is 6.60. The summed E-state index contributed by atoms with van der Waals surface area (Å²) in [6.45, 7) is 0. The normalized spacial score (nSPS) is 11.7. The van der Waals surface area contributed by atoms with Crippen LogP contribution in [0.5, 0.6) is 0 Å². The Balaban J connectivity index is 1.22. The van der Waals surface area contributed by atoms with Gasteiger partial charge in [-0.15, -0.1) is 0 Å². The summed E-state index contributed by atoms with van der Waals surface area (Å²) in [6.07, 6.45) is 0. The molecule has 3 aromatic heterocycles. The third-order valence-electron chi connectivity index (χ3n) is 10.5. The highest BCUT2D eigenvalue weighted by Crippen LogP contribution is 2.43. The number of aromatic nitrogens is 4. The molecule has 0 spiro atoms. The van der Waals surface area contributed by atoms with Gasteiger partial charge in [0.1, 0.15) is 11.2 Å². The molecule has 11 rings (SSSR count). The first kappa shape index (κ1) is 30.3. The fourth-order valence-electron chi connectivity index (χ4n) is 8.13. The Morgan fingerprint density at radius 3 is 1.72 bits per heavy atom. The minimum atomic E-state index is 0.550. The van der Waals surface area contributed by atoms with Gasteiger partial charge in [0, 0.05) is 32.7 Å². The molecular formula is C49H30N4O. The lowest BCUT2D eigenvalue weighted by Gasteiger charge is -2.12. The Hall–Kier alpha value is -7.37. The van der Waals surface area contributed by atoms with E-state index in [1.54, 1.807) is 0 Å². The first-order valence-electron chi connectivity index (χ1n) is 18.1. The maximum Gasteiger partial charge on any atom is 0.238 e. The molecule has 0 saturated heterocycles. The first-order chi connectivity index (χ1) is 26.8. The lowest BCUT2D eigenvalue weighted by atomic mass is 9.93. The van der Waals surface area contributed by atoms with Crippen LogP contribution in [0.3, 0.4) is 0 Å². The zero-order valence-electron chi connectivity index (χ0n) is 29.0. The zero-order chi connectivity index (χ0) is 35.6. The van der Waals surface area contributed by atoms with Gasteiger partial charge in [0.2, 0.25) is 5.95 Å². The van der Waals surface area contributed by atoms with Crippen molar-refractivity contribution in [3.63, 3.8) is 0 Å². The molecule has 0 atom stereocenters. The van der Waals surface area contributed by atoms with Crippen LogP contribution in [0.1, 0.15) is 0 Å². The summed E-state index contributed by atoms with van der Waals surface area (Å²) >= 11 is 0. The van der Waals surface area contributed by atoms with Crippen LogP contribution < -0.4 is 0 Å². The Kier molecular flexibility index (Phi) is 6.79. The van der Waals surface area contributed by atoms with Gasteiger partial charge in [0.25, 0.3) is 0 Å². The van der Waals surface area contributed by atoms with Crippen LogP contribution >= 0.6 is 0 Å². The van der Waals surface area contributed by atoms with Gasteiger partial charge >= 0.3 is 0 Å². The first-order valence-corrected chi connectivity index (χ1v) is 18.1. The summed E-state index contributed by atoms with van der Waals surface area (Å²) in [5.74, 6) is 1.72. The van der Waals surface area contributed by atoms with Crippen LogP contribution in [0.15, 0.2) is 186 Å². The van der Waals surface area contributed by atoms with E-state index in [-0.39, 0.29) is 0 Å². The van der Waals surface area contributed by atoms with Gasteiger partial charge in [-0.1, -0.05) is 158 Å². The molecule has 3 heterocycles. The second-order valence-corrected chi connectivity index (χ2v) is 13.6. The van der Waals surface area contributed by atoms with E-state index in [9.17, 15) is 0 Å². The molecular weight excluding hydrogens is 661 g/mol. The molecule has 0 amide bonds. The Bertz CT molecular complexity index is 3210. The highest BCUT2D eigenvalue weighted by atomic mass is 16.3. The van der Waals surface area contributed by atoms with Crippen molar-refractivity contribution < 1.29 is 4.42 Å². The average Bonchev–Trinajstić information content (AvgIpc) is 3.80. The zero-order valence-corrected chi connectivity index (χ0v) is 29.0. The molecule has 0 aliphatic rings. The van der Waals surface area contributed by atoms with Crippen LogP contribution in [-0.4, -0.2) is 19.5 Å². The quantitative estimate of drug-likeness (QED) is 0.180. The van der Waals surface area contributed by atoms with Gasteiger partial charge in [-0.2, -0.15) is 9.97 Å². The Labute approximate surface area is 310 Å². The van der Waals surface area contributed by atoms with Crippen molar-refractivity contribution in [1.82, 2.24) is 19.5 Å². The molecule has 252 valence electrons. The van der Waals surface area contributed by atoms with Crippen molar-refractivity contribution in [1.29, 1.82) is 0 Å². The fourth-order valence-corrected chi connectivity index (χ4v) is 8.13.